The van der Waals surface area contributed by atoms with Crippen LogP contribution >= 0.6 is 0 Å². The van der Waals surface area contributed by atoms with Crippen LogP contribution in [0.5, 0.6) is 0 Å². The summed E-state index contributed by atoms with van der Waals surface area (Å²) in [6.07, 6.45) is 0.788. The minimum Gasteiger partial charge on any atom is -0.481 e. The highest BCUT2D eigenvalue weighted by Gasteiger charge is 2.25. The van der Waals surface area contributed by atoms with Crippen molar-refractivity contribution < 1.29 is 29.3 Å². The lowest BCUT2D eigenvalue weighted by atomic mass is 10.1. The average molecular weight is 302 g/mol. The monoisotopic (exact) mass is 302 g/mol. The highest BCUT2D eigenvalue weighted by atomic mass is 16.5. The molecule has 8 heteroatoms. The van der Waals surface area contributed by atoms with Gasteiger partial charge in [0.2, 0.25) is 0 Å². The minimum absolute atomic E-state index is 0.0893. The van der Waals surface area contributed by atoms with Crippen molar-refractivity contribution in [2.75, 3.05) is 19.7 Å². The predicted molar refractivity (Wildman–Crippen MR) is 73.0 cm³/mol. The topological polar surface area (TPSA) is 116 Å². The van der Waals surface area contributed by atoms with Gasteiger partial charge in [0.15, 0.2) is 0 Å². The van der Waals surface area contributed by atoms with Gasteiger partial charge in [-0.15, -0.1) is 0 Å². The van der Waals surface area contributed by atoms with Gasteiger partial charge in [0.25, 0.3) is 0 Å². The van der Waals surface area contributed by atoms with Gasteiger partial charge in [-0.3, -0.25) is 4.79 Å². The van der Waals surface area contributed by atoms with E-state index in [4.69, 9.17) is 14.9 Å². The van der Waals surface area contributed by atoms with Crippen molar-refractivity contribution >= 4 is 18.0 Å². The molecule has 21 heavy (non-hydrogen) atoms. The van der Waals surface area contributed by atoms with Crippen LogP contribution in [0.2, 0.25) is 0 Å². The molecule has 2 amide bonds. The van der Waals surface area contributed by atoms with Crippen molar-refractivity contribution in [2.24, 2.45) is 0 Å². The molecule has 0 radical (unpaired) electrons. The summed E-state index contributed by atoms with van der Waals surface area (Å²) in [5.41, 5.74) is 0. The first-order valence-corrected chi connectivity index (χ1v) is 7.01. The number of hydrogen-bond donors (Lipinski definition) is 3. The van der Waals surface area contributed by atoms with Crippen molar-refractivity contribution in [1.29, 1.82) is 0 Å². The van der Waals surface area contributed by atoms with Gasteiger partial charge in [-0.25, -0.2) is 9.59 Å². The first-order chi connectivity index (χ1) is 9.90. The molecule has 0 aromatic carbocycles. The van der Waals surface area contributed by atoms with E-state index in [1.807, 2.05) is 6.92 Å². The van der Waals surface area contributed by atoms with Crippen LogP contribution < -0.4 is 5.32 Å². The molecule has 1 fully saturated rings. The van der Waals surface area contributed by atoms with Crippen molar-refractivity contribution in [3.63, 3.8) is 0 Å². The number of carbonyl (C=O) groups excluding carboxylic acids is 1. The van der Waals surface area contributed by atoms with Crippen LogP contribution in [0.1, 0.15) is 32.6 Å². The van der Waals surface area contributed by atoms with Crippen LogP contribution in [0, 0.1) is 0 Å². The van der Waals surface area contributed by atoms with Crippen LogP contribution in [-0.2, 0) is 14.3 Å². The molecule has 1 rings (SSSR count). The Morgan fingerprint density at radius 1 is 1.38 bits per heavy atom. The highest BCUT2D eigenvalue weighted by molar-refractivity contribution is 5.82. The van der Waals surface area contributed by atoms with Crippen LogP contribution in [0.15, 0.2) is 0 Å². The highest BCUT2D eigenvalue weighted by Crippen LogP contribution is 2.07. The van der Waals surface area contributed by atoms with E-state index in [2.05, 4.69) is 5.32 Å². The zero-order valence-corrected chi connectivity index (χ0v) is 12.1. The third-order valence-corrected chi connectivity index (χ3v) is 3.22. The number of carbonyl (C=O) groups is 3. The van der Waals surface area contributed by atoms with E-state index in [0.29, 0.717) is 26.1 Å². The Labute approximate surface area is 123 Å². The molecule has 1 aliphatic rings. The summed E-state index contributed by atoms with van der Waals surface area (Å²) in [5, 5.41) is 20.1. The molecule has 1 aliphatic heterocycles. The predicted octanol–water partition coefficient (Wildman–Crippen LogP) is 0.515. The van der Waals surface area contributed by atoms with Gasteiger partial charge < -0.3 is 25.2 Å². The number of carboxylic acids is 2. The van der Waals surface area contributed by atoms with E-state index in [9.17, 15) is 14.4 Å². The maximum Gasteiger partial charge on any atom is 0.326 e. The number of nitrogens with zero attached hydrogens (tertiary/aromatic N) is 1. The lowest BCUT2D eigenvalue weighted by molar-refractivity contribution is -0.140. The van der Waals surface area contributed by atoms with Crippen LogP contribution in [0.3, 0.4) is 0 Å². The zero-order chi connectivity index (χ0) is 15.8. The molecule has 0 bridgehead atoms. The van der Waals surface area contributed by atoms with E-state index in [1.54, 1.807) is 0 Å². The third-order valence-electron chi connectivity index (χ3n) is 3.22. The molecule has 1 heterocycles. The molecule has 0 aromatic heterocycles. The first kappa shape index (κ1) is 17.2. The summed E-state index contributed by atoms with van der Waals surface area (Å²) in [5.74, 6) is -2.14. The number of hydrogen-bond acceptors (Lipinski definition) is 4. The Balaban J connectivity index is 2.50. The summed E-state index contributed by atoms with van der Waals surface area (Å²) >= 11 is 0. The number of amides is 2. The number of nitrogens with one attached hydrogen (secondary N) is 1. The second kappa shape index (κ2) is 8.46. The molecule has 8 nitrogen and oxygen atoms in total. The van der Waals surface area contributed by atoms with Crippen molar-refractivity contribution in [2.45, 2.75) is 44.8 Å². The maximum atomic E-state index is 12.1. The fourth-order valence-electron chi connectivity index (χ4n) is 2.13. The molecule has 0 aromatic rings. The lowest BCUT2D eigenvalue weighted by Gasteiger charge is -2.24. The fraction of sp³-hybridized carbons (Fsp3) is 0.769. The second-order valence-corrected chi connectivity index (χ2v) is 5.11. The van der Waals surface area contributed by atoms with E-state index in [-0.39, 0.29) is 25.4 Å². The molecule has 0 saturated carbocycles. The van der Waals surface area contributed by atoms with Gasteiger partial charge in [-0.1, -0.05) is 0 Å². The van der Waals surface area contributed by atoms with Gasteiger partial charge in [0.05, 0.1) is 6.10 Å². The number of ether oxygens (including phenoxy) is 1. The van der Waals surface area contributed by atoms with Crippen LogP contribution in [0.4, 0.5) is 4.79 Å². The number of carboxylic acid groups (broad SMARTS) is 2. The second-order valence-electron chi connectivity index (χ2n) is 5.11. The molecular weight excluding hydrogens is 280 g/mol. The Hall–Kier alpha value is -1.83. The Morgan fingerprint density at radius 3 is 2.71 bits per heavy atom. The van der Waals surface area contributed by atoms with Gasteiger partial charge in [0, 0.05) is 26.1 Å². The zero-order valence-electron chi connectivity index (χ0n) is 12.1. The third kappa shape index (κ3) is 6.44. The molecule has 0 spiro atoms. The minimum atomic E-state index is -1.16. The molecule has 0 aliphatic carbocycles. The molecular formula is C13H22N2O6. The Morgan fingerprint density at radius 2 is 2.10 bits per heavy atom. The van der Waals surface area contributed by atoms with E-state index >= 15 is 0 Å². The summed E-state index contributed by atoms with van der Waals surface area (Å²) in [6, 6.07) is -1.52. The SMILES string of the molecule is CC1CN(C(=O)N[C@H](CCCC(=O)O)C(=O)O)CCCO1. The molecule has 1 saturated heterocycles. The average Bonchev–Trinajstić information content (AvgIpc) is 2.61. The van der Waals surface area contributed by atoms with Crippen molar-refractivity contribution in [3.8, 4) is 0 Å². The van der Waals surface area contributed by atoms with E-state index in [1.165, 1.54) is 4.90 Å². The van der Waals surface area contributed by atoms with Crippen molar-refractivity contribution in [1.82, 2.24) is 10.2 Å². The van der Waals surface area contributed by atoms with E-state index in [0.717, 1.165) is 0 Å². The normalized spacial score (nSPS) is 20.4. The smallest absolute Gasteiger partial charge is 0.326 e. The summed E-state index contributed by atoms with van der Waals surface area (Å²) < 4.78 is 5.42. The molecule has 120 valence electrons. The summed E-state index contributed by atoms with van der Waals surface area (Å²) in [7, 11) is 0. The van der Waals surface area contributed by atoms with Crippen LogP contribution in [-0.4, -0.2) is 64.9 Å². The summed E-state index contributed by atoms with van der Waals surface area (Å²) in [4.78, 5) is 35.2. The first-order valence-electron chi connectivity index (χ1n) is 7.01. The van der Waals surface area contributed by atoms with Gasteiger partial charge >= 0.3 is 18.0 Å². The quantitative estimate of drug-likeness (QED) is 0.658. The van der Waals surface area contributed by atoms with Crippen molar-refractivity contribution in [3.05, 3.63) is 0 Å². The van der Waals surface area contributed by atoms with Gasteiger partial charge in [-0.2, -0.15) is 0 Å². The number of rotatable bonds is 6. The summed E-state index contributed by atoms with van der Waals surface area (Å²) in [6.45, 7) is 3.35. The van der Waals surface area contributed by atoms with Crippen LogP contribution in [0.25, 0.3) is 0 Å². The standard InChI is InChI=1S/C13H22N2O6/c1-9-8-15(6-3-7-21-9)13(20)14-10(12(18)19)4-2-5-11(16)17/h9-10H,2-8H2,1H3,(H,14,20)(H,16,17)(H,18,19)/t9?,10-/m1/s1. The molecule has 3 N–H and O–H groups in total. The molecule has 1 unspecified atom stereocenters. The number of urea groups is 1. The maximum absolute atomic E-state index is 12.1. The Bertz CT molecular complexity index is 387. The largest absolute Gasteiger partial charge is 0.481 e. The van der Waals surface area contributed by atoms with E-state index < -0.39 is 24.0 Å². The van der Waals surface area contributed by atoms with Gasteiger partial charge in [0.1, 0.15) is 6.04 Å². The Kier molecular flexibility index (Phi) is 6.93. The fourth-order valence-corrected chi connectivity index (χ4v) is 2.13. The van der Waals surface area contributed by atoms with Gasteiger partial charge in [-0.05, 0) is 26.2 Å². The number of aliphatic carboxylic acids is 2. The lowest BCUT2D eigenvalue weighted by Crippen LogP contribution is -2.49. The molecule has 2 atom stereocenters.